The van der Waals surface area contributed by atoms with Crippen LogP contribution in [0.4, 0.5) is 21.6 Å². The van der Waals surface area contributed by atoms with Crippen LogP contribution in [0.15, 0.2) is 66.9 Å². The molecule has 0 radical (unpaired) electrons. The molecule has 1 atom stereocenters. The Morgan fingerprint density at radius 3 is 2.21 bits per heavy atom. The van der Waals surface area contributed by atoms with Crippen molar-refractivity contribution in [1.29, 1.82) is 5.26 Å². The topological polar surface area (TPSA) is 90.7 Å². The van der Waals surface area contributed by atoms with Gasteiger partial charge < -0.3 is 24.6 Å². The van der Waals surface area contributed by atoms with Crippen molar-refractivity contribution < 1.29 is 20.1 Å². The fourth-order valence-electron chi connectivity index (χ4n) is 4.06. The van der Waals surface area contributed by atoms with Crippen LogP contribution in [0.25, 0.3) is 0 Å². The molecule has 0 saturated carbocycles. The predicted molar refractivity (Wildman–Crippen MR) is 176 cm³/mol. The van der Waals surface area contributed by atoms with Crippen molar-refractivity contribution >= 4 is 34.9 Å². The number of carbonyl (C=O) groups is 1. The minimum Gasteiger partial charge on any atom is -0.491 e. The van der Waals surface area contributed by atoms with Gasteiger partial charge in [0.25, 0.3) is 5.91 Å². The normalized spacial score (nSPS) is 13.8. The van der Waals surface area contributed by atoms with Crippen molar-refractivity contribution in [3.05, 3.63) is 78.0 Å². The largest absolute Gasteiger partial charge is 0.491 e. The summed E-state index contributed by atoms with van der Waals surface area (Å²) >= 11 is 1.88. The van der Waals surface area contributed by atoms with Crippen molar-refractivity contribution in [2.75, 3.05) is 67.4 Å². The Hall–Kier alpha value is -3.81. The van der Waals surface area contributed by atoms with Crippen LogP contribution in [-0.4, -0.2) is 74.1 Å². The molecule has 2 heterocycles. The van der Waals surface area contributed by atoms with Crippen LogP contribution >= 0.6 is 11.8 Å². The Morgan fingerprint density at radius 1 is 1.07 bits per heavy atom. The molecule has 0 bridgehead atoms. The van der Waals surface area contributed by atoms with Crippen LogP contribution in [0.5, 0.6) is 5.75 Å². The number of thioether (sulfide) groups is 1. The summed E-state index contributed by atoms with van der Waals surface area (Å²) < 4.78 is 24.1. The molecule has 10 heteroatoms. The van der Waals surface area contributed by atoms with Crippen LogP contribution in [0.2, 0.25) is 0 Å². The lowest BCUT2D eigenvalue weighted by Crippen LogP contribution is -2.46. The number of rotatable bonds is 10. The lowest BCUT2D eigenvalue weighted by atomic mass is 10.2. The monoisotopic (exact) mass is 609 g/mol. The smallest absolute Gasteiger partial charge is 0.255 e. The third kappa shape index (κ3) is 11.1. The van der Waals surface area contributed by atoms with Gasteiger partial charge in [0.15, 0.2) is 0 Å². The van der Waals surface area contributed by atoms with Gasteiger partial charge >= 0.3 is 0 Å². The van der Waals surface area contributed by atoms with Crippen molar-refractivity contribution in [3.8, 4) is 11.8 Å². The maximum Gasteiger partial charge on any atom is 0.255 e. The summed E-state index contributed by atoms with van der Waals surface area (Å²) in [7, 11) is 0. The Balaban J connectivity index is 0.000000877. The Kier molecular flexibility index (Phi) is 13.1. The molecule has 1 aliphatic rings. The van der Waals surface area contributed by atoms with Gasteiger partial charge in [-0.2, -0.15) is 17.0 Å². The molecule has 1 aromatic heterocycles. The van der Waals surface area contributed by atoms with Crippen LogP contribution in [0, 0.1) is 11.3 Å². The van der Waals surface area contributed by atoms with E-state index in [-0.39, 0.29) is 13.9 Å². The molecule has 8 nitrogen and oxygen atoms in total. The predicted octanol–water partition coefficient (Wildman–Crippen LogP) is 6.68. The Labute approximate surface area is 260 Å². The standard InChI is InChI=1S/C28H30FN5O3.C5H12S.H2/c1-2-36-26(17-29)20-37-25-10-4-22(5-11-25)28(35)32-23-6-8-24(9-7-23)33-13-15-34(16-14-33)27-12-3-21(18-30)19-31-27;1-5(2,3)6-4;/h3-12,19,26H,2,13-17,20H2,1H3,(H,32,35);1-4H3;1H. The number of carbonyl (C=O) groups excluding carboxylic acids is 1. The molecule has 3 aromatic rings. The molecule has 1 N–H and O–H groups in total. The lowest BCUT2D eigenvalue weighted by molar-refractivity contribution is 0.0125. The molecule has 0 spiro atoms. The minimum atomic E-state index is -0.612. The molecule has 1 saturated heterocycles. The zero-order valence-corrected chi connectivity index (χ0v) is 26.5. The maximum atomic E-state index is 12.9. The number of pyridine rings is 1. The SMILES string of the molecule is CCOC(CF)COc1ccc(C(=O)Nc2ccc(N3CCN(c4ccc(C#N)cn4)CC3)cc2)cc1.CSC(C)(C)C.[HH]. The first-order valence-corrected chi connectivity index (χ1v) is 15.6. The molecule has 0 aliphatic carbocycles. The number of piperazine rings is 1. The van der Waals surface area contributed by atoms with Gasteiger partial charge in [0.1, 0.15) is 37.0 Å². The average Bonchev–Trinajstić information content (AvgIpc) is 3.03. The molecular formula is C33H44FN5O3S. The zero-order chi connectivity index (χ0) is 31.2. The summed E-state index contributed by atoms with van der Waals surface area (Å²) in [4.78, 5) is 21.5. The van der Waals surface area contributed by atoms with Crippen LogP contribution in [0.3, 0.4) is 0 Å². The summed E-state index contributed by atoms with van der Waals surface area (Å²) in [6.07, 6.45) is 3.13. The van der Waals surface area contributed by atoms with Crippen molar-refractivity contribution in [3.63, 3.8) is 0 Å². The summed E-state index contributed by atoms with van der Waals surface area (Å²) in [5.41, 5.74) is 2.85. The second-order valence-electron chi connectivity index (χ2n) is 10.9. The van der Waals surface area contributed by atoms with E-state index in [0.717, 1.165) is 37.7 Å². The van der Waals surface area contributed by atoms with Gasteiger partial charge in [0.05, 0.1) is 5.56 Å². The fourth-order valence-corrected chi connectivity index (χ4v) is 4.06. The minimum absolute atomic E-state index is 0. The zero-order valence-electron chi connectivity index (χ0n) is 25.7. The van der Waals surface area contributed by atoms with Gasteiger partial charge in [0, 0.05) is 62.1 Å². The van der Waals surface area contributed by atoms with Gasteiger partial charge in [-0.05, 0) is 73.8 Å². The molecular weight excluding hydrogens is 565 g/mol. The number of aromatic nitrogens is 1. The highest BCUT2D eigenvalue weighted by Crippen LogP contribution is 2.22. The molecule has 232 valence electrons. The number of hydrogen-bond donors (Lipinski definition) is 1. The first-order chi connectivity index (χ1) is 20.6. The number of amides is 1. The van der Waals surface area contributed by atoms with Gasteiger partial charge in [-0.15, -0.1) is 0 Å². The number of anilines is 3. The molecule has 43 heavy (non-hydrogen) atoms. The van der Waals surface area contributed by atoms with E-state index in [1.807, 2.05) is 49.0 Å². The summed E-state index contributed by atoms with van der Waals surface area (Å²) in [6.45, 7) is 11.7. The highest BCUT2D eigenvalue weighted by Gasteiger charge is 2.18. The summed E-state index contributed by atoms with van der Waals surface area (Å²) in [5.74, 6) is 1.21. The molecule has 1 amide bonds. The van der Waals surface area contributed by atoms with E-state index in [1.165, 1.54) is 0 Å². The molecule has 4 rings (SSSR count). The molecule has 1 aliphatic heterocycles. The van der Waals surface area contributed by atoms with E-state index in [4.69, 9.17) is 14.7 Å². The van der Waals surface area contributed by atoms with Crippen LogP contribution in [-0.2, 0) is 4.74 Å². The second kappa shape index (κ2) is 16.7. The van der Waals surface area contributed by atoms with Crippen LogP contribution < -0.4 is 19.9 Å². The van der Waals surface area contributed by atoms with Crippen LogP contribution in [0.1, 0.15) is 45.0 Å². The van der Waals surface area contributed by atoms with E-state index in [9.17, 15) is 9.18 Å². The molecule has 1 unspecified atom stereocenters. The van der Waals surface area contributed by atoms with E-state index >= 15 is 0 Å². The van der Waals surface area contributed by atoms with Crippen molar-refractivity contribution in [2.24, 2.45) is 0 Å². The second-order valence-corrected chi connectivity index (χ2v) is 12.5. The number of nitrogens with one attached hydrogen (secondary N) is 1. The summed E-state index contributed by atoms with van der Waals surface area (Å²) in [6, 6.07) is 20.3. The quantitative estimate of drug-likeness (QED) is 0.272. The van der Waals surface area contributed by atoms with Gasteiger partial charge in [-0.25, -0.2) is 9.37 Å². The van der Waals surface area contributed by atoms with Gasteiger partial charge in [-0.1, -0.05) is 20.8 Å². The Bertz CT molecular complexity index is 1310. The summed E-state index contributed by atoms with van der Waals surface area (Å²) in [5, 5.41) is 11.9. The number of halogens is 1. The highest BCUT2D eigenvalue weighted by atomic mass is 32.2. The first kappa shape index (κ1) is 33.7. The van der Waals surface area contributed by atoms with Gasteiger partial charge in [-0.3, -0.25) is 4.79 Å². The van der Waals surface area contributed by atoms with E-state index in [2.05, 4.69) is 53.2 Å². The molecule has 2 aromatic carbocycles. The number of hydrogen-bond acceptors (Lipinski definition) is 8. The maximum absolute atomic E-state index is 12.9. The third-order valence-electron chi connectivity index (χ3n) is 6.71. The van der Waals surface area contributed by atoms with Crippen molar-refractivity contribution in [2.45, 2.75) is 38.5 Å². The number of ether oxygens (including phenoxy) is 2. The number of alkyl halides is 1. The lowest BCUT2D eigenvalue weighted by Gasteiger charge is -2.36. The van der Waals surface area contributed by atoms with E-state index in [0.29, 0.717) is 33.9 Å². The highest BCUT2D eigenvalue weighted by molar-refractivity contribution is 7.99. The first-order valence-electron chi connectivity index (χ1n) is 14.4. The van der Waals surface area contributed by atoms with Crippen molar-refractivity contribution in [1.82, 2.24) is 4.98 Å². The average molecular weight is 610 g/mol. The Morgan fingerprint density at radius 2 is 1.70 bits per heavy atom. The third-order valence-corrected chi connectivity index (χ3v) is 7.93. The number of benzene rings is 2. The molecule has 1 fully saturated rings. The van der Waals surface area contributed by atoms with E-state index < -0.39 is 12.8 Å². The number of nitrogens with zero attached hydrogens (tertiary/aromatic N) is 4. The number of nitriles is 1. The fraction of sp³-hybridized carbons (Fsp3) is 0.424. The van der Waals surface area contributed by atoms with Gasteiger partial charge in [0.2, 0.25) is 0 Å². The van der Waals surface area contributed by atoms with E-state index in [1.54, 1.807) is 36.5 Å².